The molecule has 0 spiro atoms. The number of hydrogen-bond donors (Lipinski definition) is 0. The molecule has 5 nitrogen and oxygen atoms in total. The zero-order valence-electron chi connectivity index (χ0n) is 11.8. The standard InChI is InChI=1S/C14H20N4O/c1-10-13(11(2)19-16-10)9-18-6-4-5-14(18)12-7-15-17(3)8-12/h7-8,14H,4-6,9H2,1-3H3/t14-/m1/s1. The van der Waals surface area contributed by atoms with E-state index in [2.05, 4.69) is 21.4 Å². The highest BCUT2D eigenvalue weighted by Gasteiger charge is 2.28. The van der Waals surface area contributed by atoms with Crippen molar-refractivity contribution in [2.45, 2.75) is 39.3 Å². The minimum atomic E-state index is 0.474. The first-order chi connectivity index (χ1) is 9.15. The molecule has 3 rings (SSSR count). The van der Waals surface area contributed by atoms with Gasteiger partial charge in [-0.25, -0.2) is 0 Å². The molecule has 0 bridgehead atoms. The summed E-state index contributed by atoms with van der Waals surface area (Å²) in [6, 6.07) is 0.474. The van der Waals surface area contributed by atoms with Gasteiger partial charge in [0.2, 0.25) is 0 Å². The Morgan fingerprint density at radius 1 is 1.42 bits per heavy atom. The van der Waals surface area contributed by atoms with Crippen LogP contribution in [0.1, 0.15) is 41.5 Å². The van der Waals surface area contributed by atoms with E-state index in [0.717, 1.165) is 24.5 Å². The van der Waals surface area contributed by atoms with E-state index in [1.807, 2.05) is 31.8 Å². The van der Waals surface area contributed by atoms with E-state index in [9.17, 15) is 0 Å². The average molecular weight is 260 g/mol. The van der Waals surface area contributed by atoms with Crippen molar-refractivity contribution in [2.24, 2.45) is 7.05 Å². The minimum absolute atomic E-state index is 0.474. The van der Waals surface area contributed by atoms with Crippen LogP contribution in [0.5, 0.6) is 0 Å². The molecule has 1 saturated heterocycles. The Bertz CT molecular complexity index is 552. The van der Waals surface area contributed by atoms with Crippen LogP contribution in [0.25, 0.3) is 0 Å². The normalized spacial score (nSPS) is 20.3. The van der Waals surface area contributed by atoms with Crippen LogP contribution in [-0.4, -0.2) is 26.4 Å². The molecule has 0 aromatic carbocycles. The zero-order chi connectivity index (χ0) is 13.4. The zero-order valence-corrected chi connectivity index (χ0v) is 11.8. The maximum Gasteiger partial charge on any atom is 0.138 e. The molecule has 3 heterocycles. The van der Waals surface area contributed by atoms with E-state index in [1.165, 1.54) is 24.0 Å². The SMILES string of the molecule is Cc1noc(C)c1CN1CCC[C@@H]1c1cnn(C)c1. The van der Waals surface area contributed by atoms with E-state index < -0.39 is 0 Å². The molecule has 0 unspecified atom stereocenters. The Kier molecular flexibility index (Phi) is 3.14. The lowest BCUT2D eigenvalue weighted by Crippen LogP contribution is -2.23. The number of aryl methyl sites for hydroxylation is 3. The van der Waals surface area contributed by atoms with Crippen LogP contribution in [0.4, 0.5) is 0 Å². The molecule has 19 heavy (non-hydrogen) atoms. The van der Waals surface area contributed by atoms with Gasteiger partial charge in [0.1, 0.15) is 5.76 Å². The van der Waals surface area contributed by atoms with Gasteiger partial charge < -0.3 is 4.52 Å². The van der Waals surface area contributed by atoms with E-state index in [1.54, 1.807) is 0 Å². The summed E-state index contributed by atoms with van der Waals surface area (Å²) in [7, 11) is 1.97. The second kappa shape index (κ2) is 4.81. The highest BCUT2D eigenvalue weighted by atomic mass is 16.5. The summed E-state index contributed by atoms with van der Waals surface area (Å²) in [5.74, 6) is 0.939. The molecule has 5 heteroatoms. The summed E-state index contributed by atoms with van der Waals surface area (Å²) >= 11 is 0. The topological polar surface area (TPSA) is 47.1 Å². The number of nitrogens with zero attached hydrogens (tertiary/aromatic N) is 4. The Morgan fingerprint density at radius 3 is 2.89 bits per heavy atom. The van der Waals surface area contributed by atoms with Crippen molar-refractivity contribution >= 4 is 0 Å². The van der Waals surface area contributed by atoms with Crippen LogP contribution >= 0.6 is 0 Å². The summed E-state index contributed by atoms with van der Waals surface area (Å²) in [6.45, 7) is 6.05. The van der Waals surface area contributed by atoms with Gasteiger partial charge in [0.25, 0.3) is 0 Å². The van der Waals surface area contributed by atoms with E-state index >= 15 is 0 Å². The van der Waals surface area contributed by atoms with Crippen molar-refractivity contribution < 1.29 is 4.52 Å². The van der Waals surface area contributed by atoms with Crippen LogP contribution < -0.4 is 0 Å². The Hall–Kier alpha value is -1.62. The molecule has 0 N–H and O–H groups in total. The van der Waals surface area contributed by atoms with E-state index in [-0.39, 0.29) is 0 Å². The fourth-order valence-corrected chi connectivity index (χ4v) is 2.94. The summed E-state index contributed by atoms with van der Waals surface area (Å²) in [4.78, 5) is 2.50. The molecular formula is C14H20N4O. The molecule has 1 aliphatic heterocycles. The van der Waals surface area contributed by atoms with E-state index in [0.29, 0.717) is 6.04 Å². The first kappa shape index (κ1) is 12.4. The lowest BCUT2D eigenvalue weighted by atomic mass is 10.1. The van der Waals surface area contributed by atoms with Gasteiger partial charge >= 0.3 is 0 Å². The smallest absolute Gasteiger partial charge is 0.138 e. The number of likely N-dealkylation sites (tertiary alicyclic amines) is 1. The van der Waals surface area contributed by atoms with Gasteiger partial charge in [0, 0.05) is 37.0 Å². The third kappa shape index (κ3) is 2.30. The van der Waals surface area contributed by atoms with E-state index in [4.69, 9.17) is 4.52 Å². The molecular weight excluding hydrogens is 240 g/mol. The maximum absolute atomic E-state index is 5.26. The summed E-state index contributed by atoms with van der Waals surface area (Å²) in [6.07, 6.45) is 6.55. The molecule has 2 aromatic rings. The lowest BCUT2D eigenvalue weighted by molar-refractivity contribution is 0.246. The van der Waals surface area contributed by atoms with Gasteiger partial charge in [-0.05, 0) is 33.2 Å². The van der Waals surface area contributed by atoms with Crippen LogP contribution in [0.15, 0.2) is 16.9 Å². The summed E-state index contributed by atoms with van der Waals surface area (Å²) in [5.41, 5.74) is 3.55. The monoisotopic (exact) mass is 260 g/mol. The fourth-order valence-electron chi connectivity index (χ4n) is 2.94. The quantitative estimate of drug-likeness (QED) is 0.850. The van der Waals surface area contributed by atoms with Crippen molar-refractivity contribution in [1.29, 1.82) is 0 Å². The number of hydrogen-bond acceptors (Lipinski definition) is 4. The summed E-state index contributed by atoms with van der Waals surface area (Å²) < 4.78 is 7.13. The molecule has 0 saturated carbocycles. The van der Waals surface area contributed by atoms with Crippen molar-refractivity contribution in [2.75, 3.05) is 6.54 Å². The van der Waals surface area contributed by atoms with Gasteiger partial charge in [-0.1, -0.05) is 5.16 Å². The van der Waals surface area contributed by atoms with Crippen molar-refractivity contribution in [1.82, 2.24) is 19.8 Å². The molecule has 1 atom stereocenters. The predicted octanol–water partition coefficient (Wildman–Crippen LogP) is 2.36. The molecule has 102 valence electrons. The van der Waals surface area contributed by atoms with Crippen LogP contribution in [0.2, 0.25) is 0 Å². The van der Waals surface area contributed by atoms with Crippen molar-refractivity contribution in [3.05, 3.63) is 35.0 Å². The molecule has 1 aliphatic rings. The molecule has 0 radical (unpaired) electrons. The van der Waals surface area contributed by atoms with Crippen LogP contribution in [0, 0.1) is 13.8 Å². The van der Waals surface area contributed by atoms with Gasteiger partial charge in [-0.3, -0.25) is 9.58 Å². The van der Waals surface area contributed by atoms with Gasteiger partial charge in [0.05, 0.1) is 11.9 Å². The highest BCUT2D eigenvalue weighted by molar-refractivity contribution is 5.22. The Morgan fingerprint density at radius 2 is 2.26 bits per heavy atom. The fraction of sp³-hybridized carbons (Fsp3) is 0.571. The number of rotatable bonds is 3. The summed E-state index contributed by atoms with van der Waals surface area (Å²) in [5, 5.41) is 8.33. The van der Waals surface area contributed by atoms with Crippen LogP contribution in [-0.2, 0) is 13.6 Å². The second-order valence-corrected chi connectivity index (χ2v) is 5.38. The molecule has 0 aliphatic carbocycles. The van der Waals surface area contributed by atoms with Gasteiger partial charge in [0.15, 0.2) is 0 Å². The Balaban J connectivity index is 1.80. The van der Waals surface area contributed by atoms with Crippen molar-refractivity contribution in [3.63, 3.8) is 0 Å². The molecule has 1 fully saturated rings. The Labute approximate surface area is 113 Å². The van der Waals surface area contributed by atoms with Crippen molar-refractivity contribution in [3.8, 4) is 0 Å². The average Bonchev–Trinajstić information content (AvgIpc) is 3.06. The number of aromatic nitrogens is 3. The predicted molar refractivity (Wildman–Crippen MR) is 71.6 cm³/mol. The first-order valence-electron chi connectivity index (χ1n) is 6.79. The van der Waals surface area contributed by atoms with Gasteiger partial charge in [-0.2, -0.15) is 5.10 Å². The minimum Gasteiger partial charge on any atom is -0.361 e. The highest BCUT2D eigenvalue weighted by Crippen LogP contribution is 2.33. The third-order valence-corrected chi connectivity index (χ3v) is 4.02. The van der Waals surface area contributed by atoms with Gasteiger partial charge in [-0.15, -0.1) is 0 Å². The molecule has 2 aromatic heterocycles. The maximum atomic E-state index is 5.26. The largest absolute Gasteiger partial charge is 0.361 e. The lowest BCUT2D eigenvalue weighted by Gasteiger charge is -2.23. The van der Waals surface area contributed by atoms with Crippen LogP contribution in [0.3, 0.4) is 0 Å². The molecule has 0 amide bonds. The first-order valence-corrected chi connectivity index (χ1v) is 6.79. The second-order valence-electron chi connectivity index (χ2n) is 5.38. The third-order valence-electron chi connectivity index (χ3n) is 4.02.